The number of nitrogens with zero attached hydrogens (tertiary/aromatic N) is 2. The third-order valence-corrected chi connectivity index (χ3v) is 3.40. The lowest BCUT2D eigenvalue weighted by molar-refractivity contribution is -0.118. The fourth-order valence-electron chi connectivity index (χ4n) is 2.03. The Balaban J connectivity index is 2.06. The van der Waals surface area contributed by atoms with Crippen molar-refractivity contribution in [1.29, 1.82) is 0 Å². The first-order valence-electron chi connectivity index (χ1n) is 6.59. The molecule has 0 bridgehead atoms. The fraction of sp³-hybridized carbons (Fsp3) is 0.333. The smallest absolute Gasteiger partial charge is 0.216 e. The van der Waals surface area contributed by atoms with Gasteiger partial charge in [-0.15, -0.1) is 0 Å². The Morgan fingerprint density at radius 1 is 1.40 bits per heavy atom. The molecule has 1 aromatic carbocycles. The van der Waals surface area contributed by atoms with Crippen molar-refractivity contribution in [2.45, 2.75) is 13.3 Å². The van der Waals surface area contributed by atoms with E-state index in [2.05, 4.69) is 10.3 Å². The first-order valence-corrected chi connectivity index (χ1v) is 6.96. The van der Waals surface area contributed by atoms with Gasteiger partial charge in [0.15, 0.2) is 0 Å². The van der Waals surface area contributed by atoms with Crippen molar-refractivity contribution in [3.05, 3.63) is 35.5 Å². The normalized spacial score (nSPS) is 10.6. The number of halogens is 1. The molecule has 0 saturated heterocycles. The zero-order valence-electron chi connectivity index (χ0n) is 11.7. The van der Waals surface area contributed by atoms with Crippen molar-refractivity contribution in [2.24, 2.45) is 0 Å². The van der Waals surface area contributed by atoms with Crippen molar-refractivity contribution in [3.63, 3.8) is 0 Å². The van der Waals surface area contributed by atoms with Crippen molar-refractivity contribution in [1.82, 2.24) is 10.3 Å². The summed E-state index contributed by atoms with van der Waals surface area (Å²) in [7, 11) is 1.97. The van der Waals surface area contributed by atoms with Gasteiger partial charge in [-0.05, 0) is 17.9 Å². The number of nitrogens with one attached hydrogen (secondary N) is 1. The van der Waals surface area contributed by atoms with Gasteiger partial charge in [0.2, 0.25) is 5.91 Å². The Hall–Kier alpha value is -1.81. The maximum atomic E-state index is 10.8. The molecule has 1 aromatic heterocycles. The molecule has 5 heteroatoms. The average molecular weight is 292 g/mol. The molecule has 106 valence electrons. The molecule has 0 atom stereocenters. The van der Waals surface area contributed by atoms with Gasteiger partial charge >= 0.3 is 0 Å². The standard InChI is InChI=1S/C15H18ClN3O/c1-11(20)17-8-5-9-19(2)14-10-12-6-3-4-7-13(12)15(16)18-14/h3-4,6-7,10H,5,8-9H2,1-2H3,(H,17,20). The Bertz CT molecular complexity index is 615. The van der Waals surface area contributed by atoms with Crippen molar-refractivity contribution >= 4 is 34.1 Å². The second kappa shape index (κ2) is 6.57. The molecule has 0 unspecified atom stereocenters. The lowest BCUT2D eigenvalue weighted by atomic mass is 10.2. The Labute approximate surface area is 123 Å². The van der Waals surface area contributed by atoms with Crippen LogP contribution in [0.4, 0.5) is 5.82 Å². The lowest BCUT2D eigenvalue weighted by Gasteiger charge is -2.19. The Morgan fingerprint density at radius 2 is 2.15 bits per heavy atom. The molecule has 2 aromatic rings. The van der Waals surface area contributed by atoms with Crippen LogP contribution in [0.15, 0.2) is 30.3 Å². The number of fused-ring (bicyclic) bond motifs is 1. The molecule has 0 radical (unpaired) electrons. The van der Waals surface area contributed by atoms with E-state index in [4.69, 9.17) is 11.6 Å². The van der Waals surface area contributed by atoms with Crippen LogP contribution in [0.3, 0.4) is 0 Å². The number of carbonyl (C=O) groups excluding carboxylic acids is 1. The molecule has 1 amide bonds. The van der Waals surface area contributed by atoms with Gasteiger partial charge in [-0.2, -0.15) is 0 Å². The highest BCUT2D eigenvalue weighted by atomic mass is 35.5. The molecule has 2 rings (SSSR count). The molecule has 0 aliphatic heterocycles. The number of benzene rings is 1. The number of amides is 1. The number of rotatable bonds is 5. The van der Waals surface area contributed by atoms with Gasteiger partial charge in [0, 0.05) is 32.4 Å². The molecule has 0 saturated carbocycles. The monoisotopic (exact) mass is 291 g/mol. The Morgan fingerprint density at radius 3 is 2.90 bits per heavy atom. The molecule has 4 nitrogen and oxygen atoms in total. The van der Waals surface area contributed by atoms with Gasteiger partial charge in [0.25, 0.3) is 0 Å². The molecule has 20 heavy (non-hydrogen) atoms. The van der Waals surface area contributed by atoms with Gasteiger partial charge in [-0.1, -0.05) is 35.9 Å². The van der Waals surface area contributed by atoms with Crippen LogP contribution in [-0.2, 0) is 4.79 Å². The van der Waals surface area contributed by atoms with E-state index < -0.39 is 0 Å². The Kier molecular flexibility index (Phi) is 4.79. The summed E-state index contributed by atoms with van der Waals surface area (Å²) in [5, 5.41) is 5.34. The maximum absolute atomic E-state index is 10.8. The summed E-state index contributed by atoms with van der Waals surface area (Å²) < 4.78 is 0. The van der Waals surface area contributed by atoms with Crippen LogP contribution in [-0.4, -0.2) is 31.0 Å². The molecule has 0 aliphatic carbocycles. The largest absolute Gasteiger partial charge is 0.360 e. The van der Waals surface area contributed by atoms with Gasteiger partial charge in [0.05, 0.1) is 0 Å². The number of hydrogen-bond acceptors (Lipinski definition) is 3. The van der Waals surface area contributed by atoms with Crippen molar-refractivity contribution in [2.75, 3.05) is 25.0 Å². The lowest BCUT2D eigenvalue weighted by Crippen LogP contribution is -2.26. The first kappa shape index (κ1) is 14.6. The van der Waals surface area contributed by atoms with Crippen molar-refractivity contribution in [3.8, 4) is 0 Å². The first-order chi connectivity index (χ1) is 9.58. The van der Waals surface area contributed by atoms with Crippen LogP contribution in [0, 0.1) is 0 Å². The van der Waals surface area contributed by atoms with Gasteiger partial charge in [-0.3, -0.25) is 4.79 Å². The van der Waals surface area contributed by atoms with Crippen LogP contribution in [0.25, 0.3) is 10.8 Å². The number of hydrogen-bond donors (Lipinski definition) is 1. The van der Waals surface area contributed by atoms with Crippen molar-refractivity contribution < 1.29 is 4.79 Å². The minimum absolute atomic E-state index is 0.000437. The second-order valence-corrected chi connectivity index (χ2v) is 5.11. The van der Waals surface area contributed by atoms with E-state index in [1.54, 1.807) is 0 Å². The predicted octanol–water partition coefficient (Wildman–Crippen LogP) is 2.85. The summed E-state index contributed by atoms with van der Waals surface area (Å²) in [6.45, 7) is 3.00. The third kappa shape index (κ3) is 3.61. The van der Waals surface area contributed by atoms with Crippen LogP contribution in [0.2, 0.25) is 5.15 Å². The molecule has 1 heterocycles. The second-order valence-electron chi connectivity index (χ2n) is 4.75. The molecule has 1 N–H and O–H groups in total. The minimum atomic E-state index is -0.000437. The average Bonchev–Trinajstić information content (AvgIpc) is 2.43. The van der Waals surface area contributed by atoms with E-state index in [1.165, 1.54) is 6.92 Å². The number of aromatic nitrogens is 1. The number of anilines is 1. The minimum Gasteiger partial charge on any atom is -0.360 e. The summed E-state index contributed by atoms with van der Waals surface area (Å²) in [5.74, 6) is 0.844. The zero-order chi connectivity index (χ0) is 14.5. The maximum Gasteiger partial charge on any atom is 0.216 e. The third-order valence-electron chi connectivity index (χ3n) is 3.12. The van der Waals surface area contributed by atoms with Crippen LogP contribution in [0.1, 0.15) is 13.3 Å². The molecular weight excluding hydrogens is 274 g/mol. The van der Waals surface area contributed by atoms with Gasteiger partial charge < -0.3 is 10.2 Å². The van der Waals surface area contributed by atoms with E-state index in [9.17, 15) is 4.79 Å². The predicted molar refractivity (Wildman–Crippen MR) is 83.3 cm³/mol. The van der Waals surface area contributed by atoms with E-state index in [0.717, 1.165) is 29.6 Å². The quantitative estimate of drug-likeness (QED) is 0.680. The highest BCUT2D eigenvalue weighted by Gasteiger charge is 2.07. The molecule has 0 fully saturated rings. The summed E-state index contributed by atoms with van der Waals surface area (Å²) >= 11 is 6.21. The van der Waals surface area contributed by atoms with Crippen LogP contribution < -0.4 is 10.2 Å². The fourth-order valence-corrected chi connectivity index (χ4v) is 2.29. The zero-order valence-corrected chi connectivity index (χ0v) is 12.4. The number of carbonyl (C=O) groups is 1. The van der Waals surface area contributed by atoms with Crippen LogP contribution in [0.5, 0.6) is 0 Å². The highest BCUT2D eigenvalue weighted by molar-refractivity contribution is 6.34. The summed E-state index contributed by atoms with van der Waals surface area (Å²) in [4.78, 5) is 17.3. The molecule has 0 aliphatic rings. The summed E-state index contributed by atoms with van der Waals surface area (Å²) in [6.07, 6.45) is 0.863. The molecule has 0 spiro atoms. The summed E-state index contributed by atoms with van der Waals surface area (Å²) in [5.41, 5.74) is 0. The topological polar surface area (TPSA) is 45.2 Å². The van der Waals surface area contributed by atoms with E-state index >= 15 is 0 Å². The number of pyridine rings is 1. The van der Waals surface area contributed by atoms with Gasteiger partial charge in [-0.25, -0.2) is 4.98 Å². The van der Waals surface area contributed by atoms with E-state index in [-0.39, 0.29) is 5.91 Å². The van der Waals surface area contributed by atoms with Gasteiger partial charge in [0.1, 0.15) is 11.0 Å². The SMILES string of the molecule is CC(=O)NCCCN(C)c1cc2ccccc2c(Cl)n1. The summed E-state index contributed by atoms with van der Waals surface area (Å²) in [6, 6.07) is 9.95. The van der Waals surface area contributed by atoms with Crippen LogP contribution >= 0.6 is 11.6 Å². The van der Waals surface area contributed by atoms with E-state index in [1.807, 2.05) is 42.3 Å². The highest BCUT2D eigenvalue weighted by Crippen LogP contribution is 2.25. The molecular formula is C15H18ClN3O. The van der Waals surface area contributed by atoms with E-state index in [0.29, 0.717) is 11.7 Å².